The van der Waals surface area contributed by atoms with Gasteiger partial charge in [-0.2, -0.15) is 0 Å². The summed E-state index contributed by atoms with van der Waals surface area (Å²) in [5.74, 6) is 2.13. The van der Waals surface area contributed by atoms with Crippen LogP contribution in [0.15, 0.2) is 0 Å². The Morgan fingerprint density at radius 1 is 1.04 bits per heavy atom. The van der Waals surface area contributed by atoms with Gasteiger partial charge >= 0.3 is 0 Å². The highest BCUT2D eigenvalue weighted by molar-refractivity contribution is 5.02. The molecule has 28 heavy (non-hydrogen) atoms. The van der Waals surface area contributed by atoms with Crippen molar-refractivity contribution in [3.63, 3.8) is 0 Å². The summed E-state index contributed by atoms with van der Waals surface area (Å²) in [4.78, 5) is 2.14. The standard InChI is InChI=1S/C20H36N4O4/c1-21-18-13-6-7-24(19(13)23-9-22-18)20-16(27)15(26)17(28-20)14(25)12-5-3-10-2-4-11(10)8-12/h10-23,25-27H,2-9H2,1H3/t10?,11?,12?,13?,14-,15+,16-,17-,18?,19?,20-/m1/s1. The lowest BCUT2D eigenvalue weighted by Crippen LogP contribution is -2.65. The van der Waals surface area contributed by atoms with Crippen LogP contribution in [0.3, 0.4) is 0 Å². The molecule has 3 saturated heterocycles. The fourth-order valence-electron chi connectivity index (χ4n) is 6.57. The largest absolute Gasteiger partial charge is 0.390 e. The Kier molecular flexibility index (Phi) is 5.43. The molecule has 3 aliphatic heterocycles. The van der Waals surface area contributed by atoms with Gasteiger partial charge in [0.05, 0.1) is 18.4 Å². The second kappa shape index (κ2) is 7.74. The van der Waals surface area contributed by atoms with Gasteiger partial charge < -0.3 is 25.4 Å². The third-order valence-electron chi connectivity index (χ3n) is 8.37. The number of fused-ring (bicyclic) bond motifs is 2. The summed E-state index contributed by atoms with van der Waals surface area (Å²) in [5.41, 5.74) is 0. The number of hydrogen-bond acceptors (Lipinski definition) is 8. The zero-order valence-electron chi connectivity index (χ0n) is 16.7. The maximum atomic E-state index is 11.0. The molecule has 0 aromatic rings. The molecule has 2 aliphatic carbocycles. The van der Waals surface area contributed by atoms with Crippen LogP contribution in [0.25, 0.3) is 0 Å². The van der Waals surface area contributed by atoms with Crippen LogP contribution in [0.2, 0.25) is 0 Å². The second-order valence-electron chi connectivity index (χ2n) is 9.62. The van der Waals surface area contributed by atoms with Gasteiger partial charge in [-0.05, 0) is 63.3 Å². The molecule has 3 heterocycles. The molecule has 6 N–H and O–H groups in total. The smallest absolute Gasteiger partial charge is 0.141 e. The van der Waals surface area contributed by atoms with Gasteiger partial charge in [-0.15, -0.1) is 0 Å². The highest BCUT2D eigenvalue weighted by atomic mass is 16.6. The predicted octanol–water partition coefficient (Wildman–Crippen LogP) is -1.04. The molecule has 8 nitrogen and oxygen atoms in total. The van der Waals surface area contributed by atoms with E-state index in [-0.39, 0.29) is 18.2 Å². The number of aliphatic hydroxyl groups excluding tert-OH is 3. The Morgan fingerprint density at radius 3 is 2.54 bits per heavy atom. The van der Waals surface area contributed by atoms with E-state index >= 15 is 0 Å². The minimum absolute atomic E-state index is 0.0897. The Morgan fingerprint density at radius 2 is 1.82 bits per heavy atom. The summed E-state index contributed by atoms with van der Waals surface area (Å²) in [5, 5.41) is 42.7. The van der Waals surface area contributed by atoms with Crippen LogP contribution in [0, 0.1) is 23.7 Å². The molecule has 0 bridgehead atoms. The molecular weight excluding hydrogens is 360 g/mol. The number of nitrogens with one attached hydrogen (secondary N) is 3. The molecule has 5 aliphatic rings. The van der Waals surface area contributed by atoms with Crippen molar-refractivity contribution in [1.29, 1.82) is 0 Å². The van der Waals surface area contributed by atoms with E-state index in [1.807, 2.05) is 7.05 Å². The van der Waals surface area contributed by atoms with Crippen molar-refractivity contribution in [2.45, 2.75) is 81.5 Å². The molecule has 5 fully saturated rings. The van der Waals surface area contributed by atoms with Crippen LogP contribution in [-0.2, 0) is 4.74 Å². The van der Waals surface area contributed by atoms with Crippen molar-refractivity contribution in [2.75, 3.05) is 20.3 Å². The van der Waals surface area contributed by atoms with E-state index in [1.54, 1.807) is 0 Å². The van der Waals surface area contributed by atoms with Crippen LogP contribution < -0.4 is 16.0 Å². The number of ether oxygens (including phenoxy) is 1. The molecule has 2 saturated carbocycles. The maximum Gasteiger partial charge on any atom is 0.141 e. The fourth-order valence-corrected chi connectivity index (χ4v) is 6.57. The Labute approximate surface area is 167 Å². The van der Waals surface area contributed by atoms with Crippen molar-refractivity contribution in [3.05, 3.63) is 0 Å². The average molecular weight is 397 g/mol. The topological polar surface area (TPSA) is 109 Å². The first-order valence-electron chi connectivity index (χ1n) is 11.2. The zero-order chi connectivity index (χ0) is 19.4. The van der Waals surface area contributed by atoms with Crippen molar-refractivity contribution >= 4 is 0 Å². The molecule has 0 amide bonds. The second-order valence-corrected chi connectivity index (χ2v) is 9.62. The molecule has 160 valence electrons. The quantitative estimate of drug-likeness (QED) is 0.358. The molecule has 5 rings (SSSR count). The molecule has 0 spiro atoms. The maximum absolute atomic E-state index is 11.0. The summed E-state index contributed by atoms with van der Waals surface area (Å²) in [6, 6.07) is 0. The monoisotopic (exact) mass is 396 g/mol. The fraction of sp³-hybridized carbons (Fsp3) is 1.00. The SMILES string of the molecule is CNC1NCNC2C1CCN2[C@@H]1O[C@H]([C@H](O)C2CCC3CCC3C2)[C@@H](O)[C@H]1O. The van der Waals surface area contributed by atoms with E-state index in [4.69, 9.17) is 4.74 Å². The van der Waals surface area contributed by atoms with Crippen molar-refractivity contribution in [1.82, 2.24) is 20.9 Å². The average Bonchev–Trinajstić information content (AvgIpc) is 3.24. The lowest BCUT2D eigenvalue weighted by molar-refractivity contribution is -0.142. The number of aliphatic hydroxyl groups is 3. The molecule has 0 aromatic heterocycles. The lowest BCUT2D eigenvalue weighted by atomic mass is 9.61. The normalized spacial score (nSPS) is 52.7. The van der Waals surface area contributed by atoms with Crippen LogP contribution >= 0.6 is 0 Å². The van der Waals surface area contributed by atoms with E-state index in [1.165, 1.54) is 19.3 Å². The van der Waals surface area contributed by atoms with Gasteiger partial charge in [0.15, 0.2) is 0 Å². The summed E-state index contributed by atoms with van der Waals surface area (Å²) in [6.07, 6.45) is 3.09. The number of rotatable bonds is 4. The van der Waals surface area contributed by atoms with Gasteiger partial charge in [0, 0.05) is 19.1 Å². The summed E-state index contributed by atoms with van der Waals surface area (Å²) < 4.78 is 6.18. The van der Waals surface area contributed by atoms with Crippen LogP contribution in [0.5, 0.6) is 0 Å². The van der Waals surface area contributed by atoms with Crippen LogP contribution in [0.1, 0.15) is 38.5 Å². The molecule has 0 aromatic carbocycles. The van der Waals surface area contributed by atoms with Crippen molar-refractivity contribution in [3.8, 4) is 0 Å². The van der Waals surface area contributed by atoms with E-state index in [0.29, 0.717) is 12.6 Å². The van der Waals surface area contributed by atoms with E-state index in [2.05, 4.69) is 20.9 Å². The summed E-state index contributed by atoms with van der Waals surface area (Å²) in [6.45, 7) is 1.48. The van der Waals surface area contributed by atoms with E-state index < -0.39 is 30.6 Å². The van der Waals surface area contributed by atoms with Gasteiger partial charge in [-0.3, -0.25) is 15.5 Å². The summed E-state index contributed by atoms with van der Waals surface area (Å²) in [7, 11) is 1.95. The zero-order valence-corrected chi connectivity index (χ0v) is 16.7. The first-order chi connectivity index (χ1) is 13.6. The highest BCUT2D eigenvalue weighted by Crippen LogP contribution is 2.48. The molecule has 11 atom stereocenters. The Hall–Kier alpha value is -0.320. The lowest BCUT2D eigenvalue weighted by Gasteiger charge is -2.45. The number of nitrogens with zero attached hydrogens (tertiary/aromatic N) is 1. The van der Waals surface area contributed by atoms with Crippen molar-refractivity contribution < 1.29 is 20.1 Å². The minimum Gasteiger partial charge on any atom is -0.390 e. The predicted molar refractivity (Wildman–Crippen MR) is 103 cm³/mol. The van der Waals surface area contributed by atoms with Crippen molar-refractivity contribution in [2.24, 2.45) is 23.7 Å². The Balaban J connectivity index is 1.26. The highest BCUT2D eigenvalue weighted by Gasteiger charge is 2.54. The van der Waals surface area contributed by atoms with Gasteiger partial charge in [0.25, 0.3) is 0 Å². The van der Waals surface area contributed by atoms with E-state index in [9.17, 15) is 15.3 Å². The molecule has 8 heteroatoms. The van der Waals surface area contributed by atoms with E-state index in [0.717, 1.165) is 37.6 Å². The molecule has 0 radical (unpaired) electrons. The van der Waals surface area contributed by atoms with Crippen LogP contribution in [-0.4, -0.2) is 83.5 Å². The van der Waals surface area contributed by atoms with Gasteiger partial charge in [-0.25, -0.2) is 0 Å². The first-order valence-corrected chi connectivity index (χ1v) is 11.2. The minimum atomic E-state index is -1.04. The van der Waals surface area contributed by atoms with Crippen LogP contribution in [0.4, 0.5) is 0 Å². The number of hydrogen-bond donors (Lipinski definition) is 6. The van der Waals surface area contributed by atoms with Gasteiger partial charge in [0.2, 0.25) is 0 Å². The summed E-state index contributed by atoms with van der Waals surface area (Å²) >= 11 is 0. The first kappa shape index (κ1) is 19.6. The van der Waals surface area contributed by atoms with Gasteiger partial charge in [0.1, 0.15) is 24.5 Å². The molecule has 6 unspecified atom stereocenters. The van der Waals surface area contributed by atoms with Gasteiger partial charge in [-0.1, -0.05) is 0 Å². The Bertz CT molecular complexity index is 568. The molecular formula is C20H36N4O4. The third kappa shape index (κ3) is 3.13. The number of likely N-dealkylation sites (tertiary alicyclic amines) is 1. The third-order valence-corrected chi connectivity index (χ3v) is 8.37.